The highest BCUT2D eigenvalue weighted by atomic mass is 16.4. The fraction of sp³-hybridized carbons (Fsp3) is 0.818. The van der Waals surface area contributed by atoms with E-state index in [4.69, 9.17) is 10.9 Å². The van der Waals surface area contributed by atoms with Crippen molar-refractivity contribution < 1.29 is 10.0 Å². The molecule has 0 aromatic carbocycles. The molecule has 1 amide bonds. The first-order valence-electron chi connectivity index (χ1n) is 5.93. The molecule has 0 unspecified atom stereocenters. The molecule has 1 aliphatic carbocycles. The lowest BCUT2D eigenvalue weighted by Gasteiger charge is -2.32. The zero-order valence-electron chi connectivity index (χ0n) is 9.83. The van der Waals surface area contributed by atoms with Gasteiger partial charge in [0.05, 0.1) is 0 Å². The van der Waals surface area contributed by atoms with Crippen molar-refractivity contribution in [2.24, 2.45) is 10.9 Å². The van der Waals surface area contributed by atoms with Gasteiger partial charge in [-0.1, -0.05) is 37.8 Å². The molecule has 0 spiro atoms. The van der Waals surface area contributed by atoms with Gasteiger partial charge in [-0.05, 0) is 12.8 Å². The van der Waals surface area contributed by atoms with Gasteiger partial charge in [-0.15, -0.1) is 0 Å². The third kappa shape index (κ3) is 2.87. The summed E-state index contributed by atoms with van der Waals surface area (Å²) in [6.45, 7) is 1.80. The Hall–Kier alpha value is -1.26. The summed E-state index contributed by atoms with van der Waals surface area (Å²) in [6, 6.07) is 0. The van der Waals surface area contributed by atoms with Gasteiger partial charge in [0.2, 0.25) is 5.91 Å². The third-order valence-corrected chi connectivity index (χ3v) is 3.25. The standard InChI is InChI=1S/C11H21N3O2/c1-2-9(15)13-11(10(12)14-16)7-5-3-4-6-8-11/h16H,2-8H2,1H3,(H2,12,14)(H,13,15). The van der Waals surface area contributed by atoms with Gasteiger partial charge in [0.1, 0.15) is 5.54 Å². The Kier molecular flexibility index (Phi) is 4.58. The quantitative estimate of drug-likeness (QED) is 0.223. The van der Waals surface area contributed by atoms with Crippen LogP contribution in [-0.2, 0) is 4.79 Å². The molecule has 0 saturated heterocycles. The van der Waals surface area contributed by atoms with Crippen LogP contribution in [0.2, 0.25) is 0 Å². The first-order valence-corrected chi connectivity index (χ1v) is 5.93. The fourth-order valence-corrected chi connectivity index (χ4v) is 2.23. The lowest BCUT2D eigenvalue weighted by atomic mass is 9.88. The molecule has 0 aliphatic heterocycles. The molecule has 0 aromatic rings. The molecule has 0 atom stereocenters. The Morgan fingerprint density at radius 2 is 1.94 bits per heavy atom. The number of amides is 1. The van der Waals surface area contributed by atoms with E-state index in [-0.39, 0.29) is 11.7 Å². The van der Waals surface area contributed by atoms with Gasteiger partial charge < -0.3 is 16.3 Å². The minimum absolute atomic E-state index is 0.0477. The van der Waals surface area contributed by atoms with Crippen molar-refractivity contribution in [3.05, 3.63) is 0 Å². The van der Waals surface area contributed by atoms with Gasteiger partial charge in [0.25, 0.3) is 0 Å². The summed E-state index contributed by atoms with van der Waals surface area (Å²) < 4.78 is 0. The van der Waals surface area contributed by atoms with Gasteiger partial charge in [-0.2, -0.15) is 0 Å². The first kappa shape index (κ1) is 12.8. The van der Waals surface area contributed by atoms with E-state index in [1.807, 2.05) is 0 Å². The molecule has 5 nitrogen and oxygen atoms in total. The predicted molar refractivity (Wildman–Crippen MR) is 62.3 cm³/mol. The van der Waals surface area contributed by atoms with E-state index in [9.17, 15) is 4.79 Å². The molecule has 1 aliphatic rings. The lowest BCUT2D eigenvalue weighted by Crippen LogP contribution is -2.57. The van der Waals surface area contributed by atoms with Crippen LogP contribution < -0.4 is 11.1 Å². The average Bonchev–Trinajstić information content (AvgIpc) is 2.54. The molecule has 92 valence electrons. The van der Waals surface area contributed by atoms with Gasteiger partial charge in [0.15, 0.2) is 5.84 Å². The van der Waals surface area contributed by atoms with Crippen molar-refractivity contribution >= 4 is 11.7 Å². The monoisotopic (exact) mass is 227 g/mol. The topological polar surface area (TPSA) is 87.7 Å². The number of carbonyl (C=O) groups is 1. The SMILES string of the molecule is CCC(=O)NC1(/C(N)=N/O)CCCCCC1. The van der Waals surface area contributed by atoms with E-state index in [2.05, 4.69) is 10.5 Å². The van der Waals surface area contributed by atoms with Crippen LogP contribution in [0.3, 0.4) is 0 Å². The average molecular weight is 227 g/mol. The zero-order valence-corrected chi connectivity index (χ0v) is 9.83. The molecule has 0 aromatic heterocycles. The fourth-order valence-electron chi connectivity index (χ4n) is 2.23. The number of nitrogens with two attached hydrogens (primary N) is 1. The van der Waals surface area contributed by atoms with Crippen molar-refractivity contribution in [1.29, 1.82) is 0 Å². The maximum atomic E-state index is 11.5. The number of nitrogens with zero attached hydrogens (tertiary/aromatic N) is 1. The third-order valence-electron chi connectivity index (χ3n) is 3.25. The van der Waals surface area contributed by atoms with Crippen LogP contribution in [-0.4, -0.2) is 22.5 Å². The van der Waals surface area contributed by atoms with E-state index in [0.29, 0.717) is 6.42 Å². The molecule has 4 N–H and O–H groups in total. The molecule has 1 rings (SSSR count). The number of hydrogen-bond acceptors (Lipinski definition) is 3. The second-order valence-corrected chi connectivity index (χ2v) is 4.38. The number of oxime groups is 1. The van der Waals surface area contributed by atoms with Crippen LogP contribution in [0.5, 0.6) is 0 Å². The summed E-state index contributed by atoms with van der Waals surface area (Å²) in [5.41, 5.74) is 5.11. The number of hydrogen-bond donors (Lipinski definition) is 3. The maximum Gasteiger partial charge on any atom is 0.220 e. The minimum Gasteiger partial charge on any atom is -0.409 e. The zero-order chi connectivity index (χ0) is 12.0. The second-order valence-electron chi connectivity index (χ2n) is 4.38. The highest BCUT2D eigenvalue weighted by Gasteiger charge is 2.36. The van der Waals surface area contributed by atoms with Crippen molar-refractivity contribution in [1.82, 2.24) is 5.32 Å². The summed E-state index contributed by atoms with van der Waals surface area (Å²) >= 11 is 0. The van der Waals surface area contributed by atoms with Gasteiger partial charge in [0, 0.05) is 6.42 Å². The summed E-state index contributed by atoms with van der Waals surface area (Å²) in [5, 5.41) is 14.9. The van der Waals surface area contributed by atoms with Crippen LogP contribution in [0, 0.1) is 0 Å². The summed E-state index contributed by atoms with van der Waals surface area (Å²) in [5.74, 6) is 0.0877. The molecule has 5 heteroatoms. The van der Waals surface area contributed by atoms with Crippen molar-refractivity contribution in [3.63, 3.8) is 0 Å². The van der Waals surface area contributed by atoms with Crippen LogP contribution in [0.15, 0.2) is 5.16 Å². The Morgan fingerprint density at radius 1 is 1.38 bits per heavy atom. The van der Waals surface area contributed by atoms with Crippen LogP contribution >= 0.6 is 0 Å². The number of carbonyl (C=O) groups excluding carboxylic acids is 1. The highest BCUT2D eigenvalue weighted by molar-refractivity contribution is 5.93. The number of nitrogens with one attached hydrogen (secondary N) is 1. The molecule has 1 saturated carbocycles. The summed E-state index contributed by atoms with van der Waals surface area (Å²) in [7, 11) is 0. The van der Waals surface area contributed by atoms with Crippen LogP contribution in [0.25, 0.3) is 0 Å². The van der Waals surface area contributed by atoms with E-state index < -0.39 is 5.54 Å². The Balaban J connectivity index is 2.85. The van der Waals surface area contributed by atoms with Gasteiger partial charge >= 0.3 is 0 Å². The summed E-state index contributed by atoms with van der Waals surface area (Å²) in [4.78, 5) is 11.5. The highest BCUT2D eigenvalue weighted by Crippen LogP contribution is 2.27. The molecule has 16 heavy (non-hydrogen) atoms. The van der Waals surface area contributed by atoms with E-state index in [1.165, 1.54) is 0 Å². The van der Waals surface area contributed by atoms with E-state index in [0.717, 1.165) is 38.5 Å². The van der Waals surface area contributed by atoms with Crippen LogP contribution in [0.1, 0.15) is 51.9 Å². The number of rotatable bonds is 3. The Morgan fingerprint density at radius 3 is 2.38 bits per heavy atom. The minimum atomic E-state index is -0.627. The normalized spacial score (nSPS) is 21.2. The Labute approximate surface area is 96.1 Å². The van der Waals surface area contributed by atoms with E-state index in [1.54, 1.807) is 6.92 Å². The van der Waals surface area contributed by atoms with Crippen molar-refractivity contribution in [2.75, 3.05) is 0 Å². The van der Waals surface area contributed by atoms with E-state index >= 15 is 0 Å². The van der Waals surface area contributed by atoms with Gasteiger partial charge in [-0.3, -0.25) is 4.79 Å². The van der Waals surface area contributed by atoms with Gasteiger partial charge in [-0.25, -0.2) is 0 Å². The first-order chi connectivity index (χ1) is 7.64. The Bertz CT molecular complexity index is 268. The maximum absolute atomic E-state index is 11.5. The molecular formula is C11H21N3O2. The smallest absolute Gasteiger partial charge is 0.220 e. The predicted octanol–water partition coefficient (Wildman–Crippen LogP) is 1.35. The molecule has 1 fully saturated rings. The van der Waals surface area contributed by atoms with Crippen molar-refractivity contribution in [3.8, 4) is 0 Å². The van der Waals surface area contributed by atoms with Crippen molar-refractivity contribution in [2.45, 2.75) is 57.4 Å². The molecular weight excluding hydrogens is 206 g/mol. The summed E-state index contributed by atoms with van der Waals surface area (Å²) in [6.07, 6.45) is 6.22. The molecule has 0 radical (unpaired) electrons. The largest absolute Gasteiger partial charge is 0.409 e. The second kappa shape index (κ2) is 5.72. The van der Waals surface area contributed by atoms with Crippen LogP contribution in [0.4, 0.5) is 0 Å². The number of amidine groups is 1. The molecule has 0 heterocycles. The lowest BCUT2D eigenvalue weighted by molar-refractivity contribution is -0.122. The molecule has 0 bridgehead atoms.